The number of carbonyl (C=O) groups excluding carboxylic acids is 2. The molecular formula is C32H38F4N6O4S. The van der Waals surface area contributed by atoms with Crippen molar-refractivity contribution in [1.29, 1.82) is 5.26 Å². The molecule has 254 valence electrons. The first-order chi connectivity index (χ1) is 22.0. The lowest BCUT2D eigenvalue weighted by atomic mass is 10.0. The Morgan fingerprint density at radius 1 is 1.09 bits per heavy atom. The summed E-state index contributed by atoms with van der Waals surface area (Å²) < 4.78 is 66.0. The van der Waals surface area contributed by atoms with Crippen molar-refractivity contribution in [2.24, 2.45) is 0 Å². The Morgan fingerprint density at radius 2 is 1.74 bits per heavy atom. The van der Waals surface area contributed by atoms with E-state index >= 15 is 0 Å². The van der Waals surface area contributed by atoms with E-state index in [1.807, 2.05) is 25.7 Å². The lowest BCUT2D eigenvalue weighted by molar-refractivity contribution is -0.156. The lowest BCUT2D eigenvalue weighted by Crippen LogP contribution is -2.49. The quantitative estimate of drug-likeness (QED) is 0.199. The summed E-state index contributed by atoms with van der Waals surface area (Å²) >= 11 is 5.60. The van der Waals surface area contributed by atoms with Gasteiger partial charge >= 0.3 is 12.1 Å². The highest BCUT2D eigenvalue weighted by atomic mass is 32.1. The molecule has 3 heterocycles. The first-order valence-corrected chi connectivity index (χ1v) is 15.5. The maximum Gasteiger partial charge on any atom is 0.419 e. The van der Waals surface area contributed by atoms with Gasteiger partial charge in [0.1, 0.15) is 29.6 Å². The number of halogens is 4. The number of nitrogens with zero attached hydrogens (tertiary/aromatic N) is 6. The number of hydrogen-bond acceptors (Lipinski definition) is 9. The zero-order valence-electron chi connectivity index (χ0n) is 27.0. The van der Waals surface area contributed by atoms with Crippen LogP contribution in [0.25, 0.3) is 0 Å². The van der Waals surface area contributed by atoms with Gasteiger partial charge in [-0.3, -0.25) is 28.7 Å². The molecule has 0 aliphatic carbocycles. The number of piperazine rings is 1. The van der Waals surface area contributed by atoms with Crippen LogP contribution in [0.4, 0.5) is 28.9 Å². The van der Waals surface area contributed by atoms with Crippen molar-refractivity contribution in [1.82, 2.24) is 14.8 Å². The van der Waals surface area contributed by atoms with Crippen molar-refractivity contribution in [3.05, 3.63) is 47.3 Å². The zero-order valence-corrected chi connectivity index (χ0v) is 27.8. The van der Waals surface area contributed by atoms with E-state index in [9.17, 15) is 27.2 Å². The smallest absolute Gasteiger partial charge is 0.419 e. The van der Waals surface area contributed by atoms with Crippen LogP contribution < -0.4 is 14.5 Å². The highest BCUT2D eigenvalue weighted by Gasteiger charge is 2.51. The molecule has 0 radical (unpaired) electrons. The molecule has 2 aliphatic rings. The van der Waals surface area contributed by atoms with Gasteiger partial charge < -0.3 is 14.4 Å². The molecule has 0 atom stereocenters. The van der Waals surface area contributed by atoms with Crippen molar-refractivity contribution in [3.63, 3.8) is 0 Å². The Hall–Kier alpha value is -3.87. The number of amides is 1. The van der Waals surface area contributed by atoms with Crippen molar-refractivity contribution in [2.75, 3.05) is 62.3 Å². The molecule has 1 aromatic heterocycles. The fourth-order valence-corrected chi connectivity index (χ4v) is 6.01. The number of rotatable bonds is 10. The van der Waals surface area contributed by atoms with Crippen molar-refractivity contribution >= 4 is 40.6 Å². The van der Waals surface area contributed by atoms with Gasteiger partial charge in [-0.05, 0) is 76.7 Å². The van der Waals surface area contributed by atoms with Gasteiger partial charge in [0.2, 0.25) is 0 Å². The van der Waals surface area contributed by atoms with Gasteiger partial charge in [0.15, 0.2) is 10.8 Å². The van der Waals surface area contributed by atoms with E-state index in [2.05, 4.69) is 9.88 Å². The Balaban J connectivity index is 1.44. The number of aromatic nitrogens is 1. The number of thiocarbonyl (C=S) groups is 1. The summed E-state index contributed by atoms with van der Waals surface area (Å²) in [5.41, 5.74) is -3.19. The van der Waals surface area contributed by atoms with Crippen LogP contribution in [0, 0.1) is 11.3 Å². The summed E-state index contributed by atoms with van der Waals surface area (Å²) in [6.45, 7) is 12.1. The number of aryl methyl sites for hydroxylation is 1. The van der Waals surface area contributed by atoms with E-state index in [4.69, 9.17) is 27.0 Å². The number of carbonyl (C=O) groups is 2. The molecule has 0 unspecified atom stereocenters. The third-order valence-electron chi connectivity index (χ3n) is 7.78. The fourth-order valence-electron chi connectivity index (χ4n) is 5.49. The minimum Gasteiger partial charge on any atom is -0.492 e. The van der Waals surface area contributed by atoms with Crippen LogP contribution >= 0.6 is 12.2 Å². The number of hydrogen-bond donors (Lipinski definition) is 0. The first kappa shape index (κ1) is 36.0. The Morgan fingerprint density at radius 3 is 2.34 bits per heavy atom. The number of ether oxygens (including phenoxy) is 2. The van der Waals surface area contributed by atoms with Crippen LogP contribution in [-0.2, 0) is 26.9 Å². The largest absolute Gasteiger partial charge is 0.492 e. The molecule has 2 aromatic rings. The SMILES string of the molecule is CC(C)(C)OC(=O)CN1CCN(CCOc2ccc(N3C(=S)N(c4cnc(C#N)c(C(F)(F)F)c4)C(=O)C3(C)C)cc2CCF)CC1. The molecule has 47 heavy (non-hydrogen) atoms. The van der Waals surface area contributed by atoms with Crippen molar-refractivity contribution in [3.8, 4) is 11.8 Å². The number of esters is 1. The van der Waals surface area contributed by atoms with Crippen LogP contribution in [0.5, 0.6) is 5.75 Å². The maximum atomic E-state index is 13.6. The molecule has 15 heteroatoms. The van der Waals surface area contributed by atoms with Gasteiger partial charge in [0.05, 0.1) is 30.7 Å². The van der Waals surface area contributed by atoms with Gasteiger partial charge in [0.25, 0.3) is 5.91 Å². The molecule has 0 bridgehead atoms. The van der Waals surface area contributed by atoms with Crippen LogP contribution in [0.1, 0.15) is 51.4 Å². The third kappa shape index (κ3) is 8.35. The number of pyridine rings is 1. The monoisotopic (exact) mass is 678 g/mol. The Kier molecular flexibility index (Phi) is 10.8. The van der Waals surface area contributed by atoms with Crippen LogP contribution in [0.2, 0.25) is 0 Å². The lowest BCUT2D eigenvalue weighted by Gasteiger charge is -2.34. The Labute approximate surface area is 276 Å². The summed E-state index contributed by atoms with van der Waals surface area (Å²) in [4.78, 5) is 36.0. The molecule has 2 aliphatic heterocycles. The first-order valence-electron chi connectivity index (χ1n) is 15.1. The molecule has 0 spiro atoms. The van der Waals surface area contributed by atoms with E-state index in [1.54, 1.807) is 32.0 Å². The molecule has 0 N–H and O–H groups in total. The van der Waals surface area contributed by atoms with Gasteiger partial charge in [-0.15, -0.1) is 0 Å². The van der Waals surface area contributed by atoms with Crippen molar-refractivity contribution < 1.29 is 36.6 Å². The summed E-state index contributed by atoms with van der Waals surface area (Å²) in [5, 5.41) is 9.02. The predicted molar refractivity (Wildman–Crippen MR) is 171 cm³/mol. The second kappa shape index (κ2) is 14.1. The van der Waals surface area contributed by atoms with E-state index in [-0.39, 0.29) is 29.7 Å². The van der Waals surface area contributed by atoms with Crippen LogP contribution in [0.15, 0.2) is 30.5 Å². The molecular weight excluding hydrogens is 640 g/mol. The molecule has 1 amide bonds. The Bertz CT molecular complexity index is 1550. The minimum absolute atomic E-state index is 0.0275. The number of nitriles is 1. The van der Waals surface area contributed by atoms with Gasteiger partial charge in [0, 0.05) is 44.8 Å². The summed E-state index contributed by atoms with van der Waals surface area (Å²) in [7, 11) is 0. The topological polar surface area (TPSA) is 102 Å². The van der Waals surface area contributed by atoms with Crippen LogP contribution in [0.3, 0.4) is 0 Å². The number of anilines is 2. The highest BCUT2D eigenvalue weighted by Crippen LogP contribution is 2.40. The summed E-state index contributed by atoms with van der Waals surface area (Å²) in [6, 6.07) is 7.09. The maximum absolute atomic E-state index is 13.6. The summed E-state index contributed by atoms with van der Waals surface area (Å²) in [6.07, 6.45) is -3.84. The number of benzene rings is 1. The molecule has 4 rings (SSSR count). The molecule has 1 aromatic carbocycles. The molecule has 2 saturated heterocycles. The van der Waals surface area contributed by atoms with Gasteiger partial charge in [-0.25, -0.2) is 4.98 Å². The fraction of sp³-hybridized carbons (Fsp3) is 0.531. The highest BCUT2D eigenvalue weighted by molar-refractivity contribution is 7.81. The van der Waals surface area contributed by atoms with Crippen molar-refractivity contribution in [2.45, 2.75) is 58.4 Å². The minimum atomic E-state index is -4.87. The molecule has 10 nitrogen and oxygen atoms in total. The van der Waals surface area contributed by atoms with E-state index in [0.717, 1.165) is 24.2 Å². The van der Waals surface area contributed by atoms with E-state index in [1.165, 1.54) is 11.0 Å². The van der Waals surface area contributed by atoms with E-state index in [0.29, 0.717) is 49.3 Å². The second-order valence-corrected chi connectivity index (χ2v) is 13.2. The number of alkyl halides is 4. The normalized spacial score (nSPS) is 17.6. The average molecular weight is 679 g/mol. The van der Waals surface area contributed by atoms with Gasteiger partial charge in [-0.1, -0.05) is 0 Å². The molecule has 2 fully saturated rings. The standard InChI is InChI=1S/C32H38F4N6O4S/c1-30(2,3)46-27(43)20-40-12-10-39(11-13-40)14-15-45-26-7-6-22(16-21(26)8-9-33)42-29(47)41(28(44)31(42,4)5)23-17-24(32(34,35)36)25(18-37)38-19-23/h6-7,16-17,19H,8-15,20H2,1-5H3. The van der Waals surface area contributed by atoms with Crippen LogP contribution in [-0.4, -0.2) is 95.5 Å². The van der Waals surface area contributed by atoms with E-state index < -0.39 is 41.2 Å². The third-order valence-corrected chi connectivity index (χ3v) is 8.14. The van der Waals surface area contributed by atoms with Gasteiger partial charge in [-0.2, -0.15) is 18.4 Å². The second-order valence-electron chi connectivity index (χ2n) is 12.8. The zero-order chi connectivity index (χ0) is 34.7. The average Bonchev–Trinajstić information content (AvgIpc) is 3.15. The predicted octanol–water partition coefficient (Wildman–Crippen LogP) is 4.74. The molecule has 0 saturated carbocycles. The summed E-state index contributed by atoms with van der Waals surface area (Å²) in [5.74, 6) is -0.386.